The van der Waals surface area contributed by atoms with Gasteiger partial charge >= 0.3 is 0 Å². The molecule has 6 heteroatoms. The number of halogens is 1. The van der Waals surface area contributed by atoms with E-state index in [1.807, 2.05) is 0 Å². The average molecular weight is 291 g/mol. The van der Waals surface area contributed by atoms with Crippen LogP contribution in [-0.2, 0) is 0 Å². The molecule has 2 atom stereocenters. The van der Waals surface area contributed by atoms with Gasteiger partial charge in [-0.2, -0.15) is 0 Å². The van der Waals surface area contributed by atoms with E-state index < -0.39 is 5.82 Å². The normalized spacial score (nSPS) is 22.4. The molecule has 2 unspecified atom stereocenters. The van der Waals surface area contributed by atoms with Gasteiger partial charge in [-0.15, -0.1) is 0 Å². The quantitative estimate of drug-likeness (QED) is 0.809. The highest BCUT2D eigenvalue weighted by atomic mass is 19.1. The van der Waals surface area contributed by atoms with Crippen LogP contribution in [0, 0.1) is 11.7 Å². The van der Waals surface area contributed by atoms with Crippen LogP contribution < -0.4 is 5.32 Å². The molecule has 1 saturated carbocycles. The van der Waals surface area contributed by atoms with E-state index in [1.54, 1.807) is 0 Å². The van der Waals surface area contributed by atoms with Crippen molar-refractivity contribution in [2.75, 3.05) is 6.61 Å². The highest BCUT2D eigenvalue weighted by Gasteiger charge is 2.27. The number of hydrogen-bond acceptors (Lipinski definition) is 3. The van der Waals surface area contributed by atoms with Crippen molar-refractivity contribution in [2.45, 2.75) is 31.7 Å². The number of nitrogens with one attached hydrogen (secondary N) is 2. The lowest BCUT2D eigenvalue weighted by atomic mass is 9.85. The summed E-state index contributed by atoms with van der Waals surface area (Å²) in [6, 6.07) is 2.46. The van der Waals surface area contributed by atoms with Gasteiger partial charge in [-0.3, -0.25) is 4.79 Å². The number of nitrogens with zero attached hydrogens (tertiary/aromatic N) is 1. The Bertz CT molecular complexity index is 655. The second-order valence-electron chi connectivity index (χ2n) is 5.56. The molecule has 2 aromatic rings. The van der Waals surface area contributed by atoms with Crippen molar-refractivity contribution in [2.24, 2.45) is 5.92 Å². The Balaban J connectivity index is 1.85. The van der Waals surface area contributed by atoms with E-state index >= 15 is 0 Å². The van der Waals surface area contributed by atoms with Crippen molar-refractivity contribution in [3.63, 3.8) is 0 Å². The third kappa shape index (κ3) is 2.76. The molecule has 21 heavy (non-hydrogen) atoms. The molecule has 0 radical (unpaired) electrons. The van der Waals surface area contributed by atoms with E-state index in [0.29, 0.717) is 11.0 Å². The second-order valence-corrected chi connectivity index (χ2v) is 5.56. The van der Waals surface area contributed by atoms with Gasteiger partial charge < -0.3 is 15.4 Å². The molecule has 0 bridgehead atoms. The van der Waals surface area contributed by atoms with Crippen LogP contribution in [0.25, 0.3) is 11.0 Å². The Labute approximate surface area is 121 Å². The number of carbonyl (C=O) groups excluding carboxylic acids is 1. The molecule has 0 saturated heterocycles. The summed E-state index contributed by atoms with van der Waals surface area (Å²) >= 11 is 0. The summed E-state index contributed by atoms with van der Waals surface area (Å²) < 4.78 is 13.6. The predicted octanol–water partition coefficient (Wildman–Crippen LogP) is 1.98. The van der Waals surface area contributed by atoms with Gasteiger partial charge in [0.1, 0.15) is 11.3 Å². The smallest absolute Gasteiger partial charge is 0.253 e. The van der Waals surface area contributed by atoms with Crippen molar-refractivity contribution in [3.05, 3.63) is 29.8 Å². The molecule has 1 fully saturated rings. The first-order valence-corrected chi connectivity index (χ1v) is 7.23. The van der Waals surface area contributed by atoms with E-state index in [1.165, 1.54) is 18.5 Å². The van der Waals surface area contributed by atoms with Crippen LogP contribution >= 0.6 is 0 Å². The summed E-state index contributed by atoms with van der Waals surface area (Å²) in [5.74, 6) is -0.734. The van der Waals surface area contributed by atoms with E-state index in [2.05, 4.69) is 15.3 Å². The number of rotatable bonds is 3. The number of H-pyrrole nitrogens is 1. The number of benzene rings is 1. The number of aliphatic hydroxyl groups excluding tert-OH is 1. The summed E-state index contributed by atoms with van der Waals surface area (Å²) in [6.45, 7) is 0.0614. The van der Waals surface area contributed by atoms with Crippen LogP contribution in [0.5, 0.6) is 0 Å². The molecular formula is C15H18FN3O2. The second kappa shape index (κ2) is 5.81. The first-order valence-electron chi connectivity index (χ1n) is 7.23. The number of aliphatic hydroxyl groups is 1. The van der Waals surface area contributed by atoms with E-state index in [9.17, 15) is 14.3 Å². The van der Waals surface area contributed by atoms with Crippen LogP contribution in [-0.4, -0.2) is 33.6 Å². The third-order valence-corrected chi connectivity index (χ3v) is 4.19. The number of aromatic amines is 1. The number of fused-ring (bicyclic) bond motifs is 1. The third-order valence-electron chi connectivity index (χ3n) is 4.19. The molecule has 1 aliphatic rings. The molecule has 3 N–H and O–H groups in total. The minimum Gasteiger partial charge on any atom is -0.396 e. The van der Waals surface area contributed by atoms with Gasteiger partial charge in [0.15, 0.2) is 0 Å². The molecule has 112 valence electrons. The van der Waals surface area contributed by atoms with Crippen LogP contribution in [0.2, 0.25) is 0 Å². The fourth-order valence-corrected chi connectivity index (χ4v) is 3.05. The van der Waals surface area contributed by atoms with Crippen LogP contribution in [0.3, 0.4) is 0 Å². The molecule has 3 rings (SSSR count). The maximum absolute atomic E-state index is 13.6. The van der Waals surface area contributed by atoms with Crippen molar-refractivity contribution < 1.29 is 14.3 Å². The number of imidazole rings is 1. The first kappa shape index (κ1) is 14.0. The van der Waals surface area contributed by atoms with Gasteiger partial charge in [-0.25, -0.2) is 9.37 Å². The zero-order valence-electron chi connectivity index (χ0n) is 11.6. The highest BCUT2D eigenvalue weighted by Crippen LogP contribution is 2.25. The number of carbonyl (C=O) groups is 1. The standard InChI is InChI=1S/C15H18FN3O2/c16-10-5-11(14-13(6-10)17-8-18-14)15(21)19-12-4-2-1-3-9(12)7-20/h5-6,8-9,12,20H,1-4,7H2,(H,17,18)(H,19,21). The Hall–Kier alpha value is -1.95. The Morgan fingerprint density at radius 2 is 2.24 bits per heavy atom. The highest BCUT2D eigenvalue weighted by molar-refractivity contribution is 6.04. The van der Waals surface area contributed by atoms with Gasteiger partial charge in [-0.1, -0.05) is 12.8 Å². The summed E-state index contributed by atoms with van der Waals surface area (Å²) in [5, 5.41) is 12.3. The molecule has 0 aliphatic heterocycles. The number of amides is 1. The predicted molar refractivity (Wildman–Crippen MR) is 76.3 cm³/mol. The van der Waals surface area contributed by atoms with Crippen molar-refractivity contribution in [3.8, 4) is 0 Å². The van der Waals surface area contributed by atoms with Gasteiger partial charge in [0.25, 0.3) is 5.91 Å². The van der Waals surface area contributed by atoms with Crippen LogP contribution in [0.15, 0.2) is 18.5 Å². The minimum atomic E-state index is -0.473. The lowest BCUT2D eigenvalue weighted by Gasteiger charge is -2.30. The zero-order chi connectivity index (χ0) is 14.8. The lowest BCUT2D eigenvalue weighted by Crippen LogP contribution is -2.43. The molecule has 1 aliphatic carbocycles. The number of hydrogen-bond donors (Lipinski definition) is 3. The van der Waals surface area contributed by atoms with Gasteiger partial charge in [0.05, 0.1) is 17.4 Å². The summed E-state index contributed by atoms with van der Waals surface area (Å²) in [6.07, 6.45) is 5.29. The maximum Gasteiger partial charge on any atom is 0.253 e. The summed E-state index contributed by atoms with van der Waals surface area (Å²) in [7, 11) is 0. The van der Waals surface area contributed by atoms with Crippen LogP contribution in [0.4, 0.5) is 4.39 Å². The fourth-order valence-electron chi connectivity index (χ4n) is 3.05. The van der Waals surface area contributed by atoms with E-state index in [0.717, 1.165) is 25.7 Å². The maximum atomic E-state index is 13.6. The minimum absolute atomic E-state index is 0.0614. The van der Waals surface area contributed by atoms with Crippen molar-refractivity contribution >= 4 is 16.9 Å². The summed E-state index contributed by atoms with van der Waals surface area (Å²) in [5.41, 5.74) is 1.20. The average Bonchev–Trinajstić information content (AvgIpc) is 2.94. The molecule has 1 heterocycles. The van der Waals surface area contributed by atoms with E-state index in [4.69, 9.17) is 0 Å². The van der Waals surface area contributed by atoms with E-state index in [-0.39, 0.29) is 30.0 Å². The van der Waals surface area contributed by atoms with Gasteiger partial charge in [-0.05, 0) is 25.0 Å². The monoisotopic (exact) mass is 291 g/mol. The molecule has 1 amide bonds. The Morgan fingerprint density at radius 1 is 1.43 bits per heavy atom. The zero-order valence-corrected chi connectivity index (χ0v) is 11.6. The lowest BCUT2D eigenvalue weighted by molar-refractivity contribution is 0.0873. The van der Waals surface area contributed by atoms with Crippen LogP contribution in [0.1, 0.15) is 36.0 Å². The SMILES string of the molecule is O=C(NC1CCCCC1CO)c1cc(F)cc2[nH]cnc12. The topological polar surface area (TPSA) is 78.0 Å². The Kier molecular flexibility index (Phi) is 3.88. The first-order chi connectivity index (χ1) is 10.2. The van der Waals surface area contributed by atoms with Gasteiger partial charge in [0.2, 0.25) is 0 Å². The summed E-state index contributed by atoms with van der Waals surface area (Å²) in [4.78, 5) is 19.3. The molecule has 1 aromatic carbocycles. The largest absolute Gasteiger partial charge is 0.396 e. The molecular weight excluding hydrogens is 273 g/mol. The number of aromatic nitrogens is 2. The molecule has 1 aromatic heterocycles. The van der Waals surface area contributed by atoms with Gasteiger partial charge in [0, 0.05) is 18.6 Å². The Morgan fingerprint density at radius 3 is 3.05 bits per heavy atom. The molecule has 0 spiro atoms. The van der Waals surface area contributed by atoms with Crippen molar-refractivity contribution in [1.82, 2.24) is 15.3 Å². The fraction of sp³-hybridized carbons (Fsp3) is 0.467. The molecule has 5 nitrogen and oxygen atoms in total. The van der Waals surface area contributed by atoms with Crippen molar-refractivity contribution in [1.29, 1.82) is 0 Å².